The van der Waals surface area contributed by atoms with Gasteiger partial charge < -0.3 is 0 Å². The van der Waals surface area contributed by atoms with Gasteiger partial charge in [0.05, 0.1) is 22.3 Å². The van der Waals surface area contributed by atoms with E-state index < -0.39 is 44.1 Å². The van der Waals surface area contributed by atoms with Gasteiger partial charge in [-0.15, -0.1) is 0 Å². The zero-order chi connectivity index (χ0) is 20.3. The van der Waals surface area contributed by atoms with Crippen LogP contribution in [0.2, 0.25) is 0 Å². The molecule has 0 N–H and O–H groups in total. The van der Waals surface area contributed by atoms with Crippen LogP contribution in [-0.4, -0.2) is 43.1 Å². The number of benzene rings is 1. The number of likely N-dealkylation sites (N-methyl/N-ethyl adjacent to an activating group) is 1. The molecule has 1 aliphatic heterocycles. The number of carbonyl (C=O) groups is 2. The highest BCUT2D eigenvalue weighted by Crippen LogP contribution is 2.37. The van der Waals surface area contributed by atoms with E-state index in [0.29, 0.717) is 17.8 Å². The number of amides is 1. The number of carbonyl (C=O) groups excluding carboxylic acids is 2. The molecule has 1 aromatic heterocycles. The first-order chi connectivity index (χ1) is 12.3. The summed E-state index contributed by atoms with van der Waals surface area (Å²) in [5.74, 6) is -3.26. The van der Waals surface area contributed by atoms with Crippen LogP contribution in [-0.2, 0) is 25.6 Å². The molecule has 1 amide bonds. The second-order valence-electron chi connectivity index (χ2n) is 6.22. The van der Waals surface area contributed by atoms with Crippen LogP contribution in [0, 0.1) is 6.92 Å². The van der Waals surface area contributed by atoms with Crippen LogP contribution in [0.1, 0.15) is 28.6 Å². The Labute approximate surface area is 152 Å². The fourth-order valence-electron chi connectivity index (χ4n) is 3.08. The van der Waals surface area contributed by atoms with E-state index in [1.807, 2.05) is 0 Å². The summed E-state index contributed by atoms with van der Waals surface area (Å²) in [6, 6.07) is 2.07. The molecule has 7 nitrogen and oxygen atoms in total. The fourth-order valence-corrected chi connectivity index (χ4v) is 4.03. The van der Waals surface area contributed by atoms with E-state index in [2.05, 4.69) is 4.98 Å². The zero-order valence-corrected chi connectivity index (χ0v) is 15.2. The summed E-state index contributed by atoms with van der Waals surface area (Å²) < 4.78 is 64.7. The molecule has 0 radical (unpaired) electrons. The summed E-state index contributed by atoms with van der Waals surface area (Å²) >= 11 is 0. The number of ketones is 1. The average Bonchev–Trinajstić information content (AvgIpc) is 2.93. The van der Waals surface area contributed by atoms with E-state index in [9.17, 15) is 31.2 Å². The number of Topliss-reactive ketones (excluding diaryl/α,β-unsaturated/α-hetero) is 1. The van der Waals surface area contributed by atoms with Crippen molar-refractivity contribution in [3.05, 3.63) is 47.0 Å². The van der Waals surface area contributed by atoms with Crippen molar-refractivity contribution in [3.8, 4) is 0 Å². The van der Waals surface area contributed by atoms with Crippen LogP contribution < -0.4 is 5.01 Å². The molecule has 0 bridgehead atoms. The molecule has 0 spiro atoms. The number of hydrogen-bond acceptors (Lipinski definition) is 5. The Morgan fingerprint density at radius 3 is 2.37 bits per heavy atom. The first kappa shape index (κ1) is 19.1. The molecule has 1 atom stereocenters. The number of aromatic nitrogens is 2. The lowest BCUT2D eigenvalue weighted by Crippen LogP contribution is -2.50. The van der Waals surface area contributed by atoms with Crippen molar-refractivity contribution >= 4 is 21.5 Å². The molecule has 1 aromatic carbocycles. The fraction of sp³-hybridized carbons (Fsp3) is 0.312. The number of hydrogen-bond donors (Lipinski definition) is 0. The van der Waals surface area contributed by atoms with Crippen LogP contribution in [0.15, 0.2) is 29.3 Å². The zero-order valence-electron chi connectivity index (χ0n) is 14.4. The van der Waals surface area contributed by atoms with Crippen molar-refractivity contribution in [2.75, 3.05) is 18.3 Å². The van der Waals surface area contributed by atoms with Gasteiger partial charge in [-0.25, -0.2) is 23.1 Å². The van der Waals surface area contributed by atoms with E-state index in [4.69, 9.17) is 0 Å². The Bertz CT molecular complexity index is 1070. The molecule has 0 saturated carbocycles. The third-order valence-corrected chi connectivity index (χ3v) is 5.46. The Morgan fingerprint density at radius 1 is 1.19 bits per heavy atom. The minimum Gasteiger partial charge on any atom is -0.287 e. The average molecular weight is 401 g/mol. The van der Waals surface area contributed by atoms with Gasteiger partial charge in [0.25, 0.3) is 0 Å². The van der Waals surface area contributed by atoms with Crippen molar-refractivity contribution in [3.63, 3.8) is 0 Å². The Morgan fingerprint density at radius 2 is 1.81 bits per heavy atom. The third-order valence-electron chi connectivity index (χ3n) is 4.31. The number of rotatable bonds is 2. The number of imidazole rings is 1. The standard InChI is InChI=1S/C16H14F3N3O4S/c1-8-7-20-14-12(13(23)15(24)21(2)22(8)14)10-5-4-9(16(17,18)19)6-11(10)27(3,25)26/h4-7,12H,1-3H3. The molecule has 1 unspecified atom stereocenters. The number of aryl methyl sites for hydroxylation is 1. The van der Waals surface area contributed by atoms with Crippen molar-refractivity contribution in [1.82, 2.24) is 9.66 Å². The minimum atomic E-state index is -4.76. The van der Waals surface area contributed by atoms with Crippen molar-refractivity contribution in [2.24, 2.45) is 0 Å². The molecule has 0 aliphatic carbocycles. The third kappa shape index (κ3) is 3.01. The van der Waals surface area contributed by atoms with Gasteiger partial charge in [0.2, 0.25) is 5.78 Å². The lowest BCUT2D eigenvalue weighted by atomic mass is 9.91. The number of nitrogens with zero attached hydrogens (tertiary/aromatic N) is 3. The summed E-state index contributed by atoms with van der Waals surface area (Å²) in [5.41, 5.74) is -0.882. The van der Waals surface area contributed by atoms with Crippen LogP contribution in [0.5, 0.6) is 0 Å². The molecule has 144 valence electrons. The van der Waals surface area contributed by atoms with Crippen molar-refractivity contribution in [2.45, 2.75) is 23.9 Å². The molecule has 2 heterocycles. The maximum absolute atomic E-state index is 13.0. The molecule has 3 rings (SSSR count). The molecule has 0 saturated heterocycles. The van der Waals surface area contributed by atoms with Gasteiger partial charge in [0.15, 0.2) is 9.84 Å². The highest BCUT2D eigenvalue weighted by atomic mass is 32.2. The normalized spacial score (nSPS) is 18.0. The number of alkyl halides is 3. The van der Waals surface area contributed by atoms with E-state index in [-0.39, 0.29) is 11.4 Å². The maximum atomic E-state index is 13.0. The summed E-state index contributed by atoms with van der Waals surface area (Å²) in [7, 11) is -2.78. The predicted octanol–water partition coefficient (Wildman–Crippen LogP) is 1.42. The smallest absolute Gasteiger partial charge is 0.287 e. The Kier molecular flexibility index (Phi) is 4.18. The molecule has 11 heteroatoms. The van der Waals surface area contributed by atoms with Crippen LogP contribution in [0.3, 0.4) is 0 Å². The van der Waals surface area contributed by atoms with Crippen LogP contribution in [0.4, 0.5) is 13.2 Å². The highest BCUT2D eigenvalue weighted by molar-refractivity contribution is 7.90. The molecule has 0 fully saturated rings. The van der Waals surface area contributed by atoms with Crippen LogP contribution in [0.25, 0.3) is 0 Å². The quantitative estimate of drug-likeness (QED) is 0.710. The Balaban J connectivity index is 2.32. The summed E-state index contributed by atoms with van der Waals surface area (Å²) in [4.78, 5) is 28.3. The summed E-state index contributed by atoms with van der Waals surface area (Å²) in [6.07, 6.45) is -2.64. The molecule has 2 aromatic rings. The first-order valence-electron chi connectivity index (χ1n) is 7.61. The summed E-state index contributed by atoms with van der Waals surface area (Å²) in [6.45, 7) is 1.62. The van der Waals surface area contributed by atoms with Gasteiger partial charge in [0, 0.05) is 13.3 Å². The van der Waals surface area contributed by atoms with E-state index in [1.165, 1.54) is 17.9 Å². The van der Waals surface area contributed by atoms with Gasteiger partial charge in [0.1, 0.15) is 11.7 Å². The van der Waals surface area contributed by atoms with Crippen molar-refractivity contribution < 1.29 is 31.2 Å². The van der Waals surface area contributed by atoms with Gasteiger partial charge in [-0.05, 0) is 24.6 Å². The van der Waals surface area contributed by atoms with Gasteiger partial charge in [-0.3, -0.25) is 9.59 Å². The number of fused-ring (bicyclic) bond motifs is 1. The summed E-state index contributed by atoms with van der Waals surface area (Å²) in [5, 5.41) is 1.03. The van der Waals surface area contributed by atoms with Gasteiger partial charge in [-0.1, -0.05) is 6.07 Å². The largest absolute Gasteiger partial charge is 0.416 e. The topological polar surface area (TPSA) is 89.3 Å². The molecular formula is C16H14F3N3O4S. The minimum absolute atomic E-state index is 0.0595. The maximum Gasteiger partial charge on any atom is 0.416 e. The molecule has 1 aliphatic rings. The molecule has 27 heavy (non-hydrogen) atoms. The highest BCUT2D eigenvalue weighted by Gasteiger charge is 2.43. The van der Waals surface area contributed by atoms with Crippen molar-refractivity contribution in [1.29, 1.82) is 0 Å². The molecular weight excluding hydrogens is 387 g/mol. The number of sulfone groups is 1. The second kappa shape index (κ2) is 5.91. The predicted molar refractivity (Wildman–Crippen MR) is 87.5 cm³/mol. The van der Waals surface area contributed by atoms with E-state index in [1.54, 1.807) is 6.92 Å². The SMILES string of the molecule is Cc1cnc2n1N(C)C(=O)C(=O)C2c1ccc(C(F)(F)F)cc1S(C)(=O)=O. The van der Waals surface area contributed by atoms with E-state index in [0.717, 1.165) is 17.3 Å². The lowest BCUT2D eigenvalue weighted by molar-refractivity contribution is -0.138. The number of halogens is 3. The monoisotopic (exact) mass is 401 g/mol. The van der Waals surface area contributed by atoms with E-state index >= 15 is 0 Å². The Hall–Kier alpha value is -2.69. The second-order valence-corrected chi connectivity index (χ2v) is 8.20. The lowest BCUT2D eigenvalue weighted by Gasteiger charge is -2.31. The van der Waals surface area contributed by atoms with Gasteiger partial charge >= 0.3 is 12.1 Å². The van der Waals surface area contributed by atoms with Gasteiger partial charge in [-0.2, -0.15) is 13.2 Å². The van der Waals surface area contributed by atoms with Crippen LogP contribution >= 0.6 is 0 Å². The first-order valence-corrected chi connectivity index (χ1v) is 9.50.